The van der Waals surface area contributed by atoms with Gasteiger partial charge in [0.25, 0.3) is 5.91 Å². The first-order valence-corrected chi connectivity index (χ1v) is 10.2. The molecule has 0 aliphatic heterocycles. The molecule has 1 N–H and O–H groups in total. The number of rotatable bonds is 11. The molecule has 0 heterocycles. The van der Waals surface area contributed by atoms with Gasteiger partial charge in [-0.1, -0.05) is 44.2 Å². The van der Waals surface area contributed by atoms with Crippen LogP contribution in [0, 0.1) is 5.92 Å². The smallest absolute Gasteiger partial charge is 0.251 e. The topological polar surface area (TPSA) is 47.6 Å². The minimum atomic E-state index is -0.0614. The summed E-state index contributed by atoms with van der Waals surface area (Å²) in [6.07, 6.45) is 1.84. The molecule has 0 saturated carbocycles. The van der Waals surface area contributed by atoms with E-state index < -0.39 is 0 Å². The molecule has 0 bridgehead atoms. The Labute approximate surface area is 169 Å². The standard InChI is InChI=1S/C24H33NO3/c1-5-28-23-14-13-21(15-22(23)17-27-16-18(2)3)24(26)25-19(4)11-12-20-9-7-6-8-10-20/h6-10,13-15,18-19H,5,11-12,16-17H2,1-4H3,(H,25,26). The van der Waals surface area contributed by atoms with E-state index in [4.69, 9.17) is 9.47 Å². The number of aryl methyl sites for hydroxylation is 1. The van der Waals surface area contributed by atoms with E-state index in [1.54, 1.807) is 0 Å². The highest BCUT2D eigenvalue weighted by atomic mass is 16.5. The molecule has 2 aromatic carbocycles. The number of hydrogen-bond acceptors (Lipinski definition) is 3. The van der Waals surface area contributed by atoms with Crippen molar-refractivity contribution in [1.82, 2.24) is 5.32 Å². The predicted molar refractivity (Wildman–Crippen MR) is 114 cm³/mol. The molecular weight excluding hydrogens is 350 g/mol. The Balaban J connectivity index is 1.96. The minimum absolute atomic E-state index is 0.0614. The molecule has 152 valence electrons. The van der Waals surface area contributed by atoms with Gasteiger partial charge in [0, 0.05) is 23.8 Å². The number of nitrogens with one attached hydrogen (secondary N) is 1. The van der Waals surface area contributed by atoms with Gasteiger partial charge < -0.3 is 14.8 Å². The molecule has 1 amide bonds. The van der Waals surface area contributed by atoms with Crippen LogP contribution in [0.5, 0.6) is 5.75 Å². The highest BCUT2D eigenvalue weighted by Gasteiger charge is 2.13. The van der Waals surface area contributed by atoms with Crippen molar-refractivity contribution in [2.75, 3.05) is 13.2 Å². The Bertz CT molecular complexity index is 728. The lowest BCUT2D eigenvalue weighted by Crippen LogP contribution is -2.33. The number of carbonyl (C=O) groups excluding carboxylic acids is 1. The Hall–Kier alpha value is -2.33. The molecule has 1 atom stereocenters. The number of amides is 1. The second kappa shape index (κ2) is 11.5. The van der Waals surface area contributed by atoms with Crippen LogP contribution >= 0.6 is 0 Å². The maximum absolute atomic E-state index is 12.7. The van der Waals surface area contributed by atoms with Gasteiger partial charge in [0.2, 0.25) is 0 Å². The first kappa shape index (κ1) is 22.0. The van der Waals surface area contributed by atoms with Crippen molar-refractivity contribution >= 4 is 5.91 Å². The molecule has 2 rings (SSSR count). The quantitative estimate of drug-likeness (QED) is 0.593. The lowest BCUT2D eigenvalue weighted by Gasteiger charge is -2.16. The molecule has 0 aliphatic carbocycles. The summed E-state index contributed by atoms with van der Waals surface area (Å²) in [5, 5.41) is 3.10. The fourth-order valence-electron chi connectivity index (χ4n) is 2.94. The first-order valence-electron chi connectivity index (χ1n) is 10.2. The second-order valence-corrected chi connectivity index (χ2v) is 7.56. The molecule has 4 heteroatoms. The van der Waals surface area contributed by atoms with Crippen molar-refractivity contribution in [3.63, 3.8) is 0 Å². The van der Waals surface area contributed by atoms with Crippen molar-refractivity contribution in [1.29, 1.82) is 0 Å². The van der Waals surface area contributed by atoms with Gasteiger partial charge in [-0.3, -0.25) is 4.79 Å². The Morgan fingerprint density at radius 2 is 1.82 bits per heavy atom. The zero-order valence-corrected chi connectivity index (χ0v) is 17.5. The molecule has 0 saturated heterocycles. The molecule has 1 unspecified atom stereocenters. The summed E-state index contributed by atoms with van der Waals surface area (Å²) < 4.78 is 11.4. The normalized spacial score (nSPS) is 12.0. The molecule has 0 aliphatic rings. The summed E-state index contributed by atoms with van der Waals surface area (Å²) in [4.78, 5) is 12.7. The van der Waals surface area contributed by atoms with E-state index in [9.17, 15) is 4.79 Å². The lowest BCUT2D eigenvalue weighted by atomic mass is 10.1. The molecule has 0 fully saturated rings. The molecule has 0 radical (unpaired) electrons. The maximum Gasteiger partial charge on any atom is 0.251 e. The van der Waals surface area contributed by atoms with Crippen LogP contribution in [-0.4, -0.2) is 25.2 Å². The summed E-state index contributed by atoms with van der Waals surface area (Å²) in [6, 6.07) is 16.0. The number of ether oxygens (including phenoxy) is 2. The average molecular weight is 384 g/mol. The zero-order chi connectivity index (χ0) is 20.4. The average Bonchev–Trinajstić information content (AvgIpc) is 2.68. The SMILES string of the molecule is CCOc1ccc(C(=O)NC(C)CCc2ccccc2)cc1COCC(C)C. The van der Waals surface area contributed by atoms with Gasteiger partial charge in [-0.05, 0) is 56.4 Å². The van der Waals surface area contributed by atoms with Crippen molar-refractivity contribution in [3.8, 4) is 5.75 Å². The van der Waals surface area contributed by atoms with Gasteiger partial charge in [-0.2, -0.15) is 0 Å². The summed E-state index contributed by atoms with van der Waals surface area (Å²) in [5.41, 5.74) is 2.83. The third-order valence-electron chi connectivity index (χ3n) is 4.42. The van der Waals surface area contributed by atoms with Gasteiger partial charge >= 0.3 is 0 Å². The van der Waals surface area contributed by atoms with Crippen molar-refractivity contribution in [2.45, 2.75) is 53.2 Å². The number of carbonyl (C=O) groups is 1. The second-order valence-electron chi connectivity index (χ2n) is 7.56. The van der Waals surface area contributed by atoms with Crippen LogP contribution in [-0.2, 0) is 17.8 Å². The number of hydrogen-bond donors (Lipinski definition) is 1. The fraction of sp³-hybridized carbons (Fsp3) is 0.458. The van der Waals surface area contributed by atoms with Crippen LogP contribution in [0.4, 0.5) is 0 Å². The minimum Gasteiger partial charge on any atom is -0.494 e. The molecule has 0 aromatic heterocycles. The van der Waals surface area contributed by atoms with Crippen molar-refractivity contribution < 1.29 is 14.3 Å². The van der Waals surface area contributed by atoms with E-state index in [2.05, 4.69) is 31.3 Å². The van der Waals surface area contributed by atoms with E-state index in [1.165, 1.54) is 5.56 Å². The van der Waals surface area contributed by atoms with Gasteiger partial charge in [-0.25, -0.2) is 0 Å². The van der Waals surface area contributed by atoms with Crippen LogP contribution in [0.15, 0.2) is 48.5 Å². The molecular formula is C24H33NO3. The summed E-state index contributed by atoms with van der Waals surface area (Å²) in [6.45, 7) is 9.93. The summed E-state index contributed by atoms with van der Waals surface area (Å²) in [5.74, 6) is 1.18. The predicted octanol–water partition coefficient (Wildman–Crippen LogP) is 5.01. The van der Waals surface area contributed by atoms with Gasteiger partial charge in [0.15, 0.2) is 0 Å². The van der Waals surface area contributed by atoms with E-state index in [0.29, 0.717) is 31.3 Å². The summed E-state index contributed by atoms with van der Waals surface area (Å²) in [7, 11) is 0. The van der Waals surface area contributed by atoms with Gasteiger partial charge in [-0.15, -0.1) is 0 Å². The largest absolute Gasteiger partial charge is 0.494 e. The Morgan fingerprint density at radius 1 is 1.07 bits per heavy atom. The first-order chi connectivity index (χ1) is 13.5. The van der Waals surface area contributed by atoms with Crippen molar-refractivity contribution in [3.05, 3.63) is 65.2 Å². The van der Waals surface area contributed by atoms with Gasteiger partial charge in [0.1, 0.15) is 5.75 Å². The third-order valence-corrected chi connectivity index (χ3v) is 4.42. The highest BCUT2D eigenvalue weighted by Crippen LogP contribution is 2.22. The van der Waals surface area contributed by atoms with Crippen molar-refractivity contribution in [2.24, 2.45) is 5.92 Å². The molecule has 4 nitrogen and oxygen atoms in total. The summed E-state index contributed by atoms with van der Waals surface area (Å²) >= 11 is 0. The highest BCUT2D eigenvalue weighted by molar-refractivity contribution is 5.94. The van der Waals surface area contributed by atoms with E-state index >= 15 is 0 Å². The monoisotopic (exact) mass is 383 g/mol. The van der Waals surface area contributed by atoms with Gasteiger partial charge in [0.05, 0.1) is 13.2 Å². The Morgan fingerprint density at radius 3 is 2.50 bits per heavy atom. The lowest BCUT2D eigenvalue weighted by molar-refractivity contribution is 0.0927. The van der Waals surface area contributed by atoms with E-state index in [1.807, 2.05) is 50.2 Å². The van der Waals surface area contributed by atoms with E-state index in [-0.39, 0.29) is 11.9 Å². The molecule has 0 spiro atoms. The van der Waals surface area contributed by atoms with Crippen LogP contribution in [0.3, 0.4) is 0 Å². The molecule has 2 aromatic rings. The van der Waals surface area contributed by atoms with Crippen LogP contribution in [0.2, 0.25) is 0 Å². The number of benzene rings is 2. The fourth-order valence-corrected chi connectivity index (χ4v) is 2.94. The zero-order valence-electron chi connectivity index (χ0n) is 17.5. The molecule has 28 heavy (non-hydrogen) atoms. The van der Waals surface area contributed by atoms with Crippen LogP contribution < -0.4 is 10.1 Å². The van der Waals surface area contributed by atoms with Crippen LogP contribution in [0.1, 0.15) is 55.6 Å². The van der Waals surface area contributed by atoms with E-state index in [0.717, 1.165) is 24.2 Å². The third kappa shape index (κ3) is 7.35. The van der Waals surface area contributed by atoms with Crippen LogP contribution in [0.25, 0.3) is 0 Å². The maximum atomic E-state index is 12.7. The Kier molecular flexibility index (Phi) is 9.02.